The molecule has 1 aliphatic rings. The van der Waals surface area contributed by atoms with Crippen LogP contribution in [0.4, 0.5) is 4.79 Å². The number of piperidine rings is 1. The molecule has 1 saturated heterocycles. The van der Waals surface area contributed by atoms with E-state index >= 15 is 0 Å². The van der Waals surface area contributed by atoms with Crippen LogP contribution in [0, 0.1) is 0 Å². The van der Waals surface area contributed by atoms with E-state index in [-0.39, 0.29) is 24.4 Å². The standard InChI is InChI=1S/C12H21N3O4/c1-9(16)13-5-6-14-12(19)15-7-3-2-4-10(15)8-11(17)18/h10H,2-8H2,1H3,(H,13,16)(H,14,19)(H,17,18). The molecule has 3 N–H and O–H groups in total. The van der Waals surface area contributed by atoms with Gasteiger partial charge in [-0.2, -0.15) is 0 Å². The van der Waals surface area contributed by atoms with E-state index in [2.05, 4.69) is 10.6 Å². The van der Waals surface area contributed by atoms with Crippen LogP contribution in [0.1, 0.15) is 32.6 Å². The van der Waals surface area contributed by atoms with Crippen LogP contribution in [0.25, 0.3) is 0 Å². The molecule has 0 aromatic heterocycles. The second kappa shape index (κ2) is 7.60. The van der Waals surface area contributed by atoms with E-state index in [0.717, 1.165) is 19.3 Å². The summed E-state index contributed by atoms with van der Waals surface area (Å²) in [4.78, 5) is 35.0. The number of carbonyl (C=O) groups excluding carboxylic acids is 2. The minimum absolute atomic E-state index is 0.0148. The highest BCUT2D eigenvalue weighted by molar-refractivity contribution is 5.76. The lowest BCUT2D eigenvalue weighted by atomic mass is 10.00. The van der Waals surface area contributed by atoms with Crippen LogP contribution >= 0.6 is 0 Å². The third-order valence-corrected chi connectivity index (χ3v) is 3.07. The van der Waals surface area contributed by atoms with Gasteiger partial charge in [0.05, 0.1) is 6.42 Å². The number of amides is 3. The monoisotopic (exact) mass is 271 g/mol. The van der Waals surface area contributed by atoms with Crippen LogP contribution in [-0.2, 0) is 9.59 Å². The molecule has 3 amide bonds. The molecule has 1 aliphatic heterocycles. The van der Waals surface area contributed by atoms with Crippen molar-refractivity contribution in [1.29, 1.82) is 0 Å². The van der Waals surface area contributed by atoms with Crippen molar-refractivity contribution in [2.75, 3.05) is 19.6 Å². The summed E-state index contributed by atoms with van der Waals surface area (Å²) >= 11 is 0. The Morgan fingerprint density at radius 1 is 1.21 bits per heavy atom. The van der Waals surface area contributed by atoms with Gasteiger partial charge in [0, 0.05) is 32.6 Å². The van der Waals surface area contributed by atoms with E-state index in [9.17, 15) is 14.4 Å². The highest BCUT2D eigenvalue weighted by Gasteiger charge is 2.28. The van der Waals surface area contributed by atoms with E-state index in [1.54, 1.807) is 4.90 Å². The largest absolute Gasteiger partial charge is 0.481 e. The Morgan fingerprint density at radius 2 is 1.89 bits per heavy atom. The van der Waals surface area contributed by atoms with Gasteiger partial charge in [-0.25, -0.2) is 4.79 Å². The maximum atomic E-state index is 11.9. The van der Waals surface area contributed by atoms with Crippen molar-refractivity contribution in [3.05, 3.63) is 0 Å². The van der Waals surface area contributed by atoms with Gasteiger partial charge in [0.1, 0.15) is 0 Å². The minimum atomic E-state index is -0.886. The number of carboxylic acid groups (broad SMARTS) is 1. The Kier molecular flexibility index (Phi) is 6.11. The molecule has 1 rings (SSSR count). The molecular formula is C12H21N3O4. The van der Waals surface area contributed by atoms with Crippen LogP contribution in [0.3, 0.4) is 0 Å². The molecule has 108 valence electrons. The zero-order chi connectivity index (χ0) is 14.3. The van der Waals surface area contributed by atoms with E-state index < -0.39 is 5.97 Å². The fraction of sp³-hybridized carbons (Fsp3) is 0.750. The van der Waals surface area contributed by atoms with Gasteiger partial charge in [0.2, 0.25) is 5.91 Å². The number of likely N-dealkylation sites (tertiary alicyclic amines) is 1. The van der Waals surface area contributed by atoms with E-state index in [4.69, 9.17) is 5.11 Å². The van der Waals surface area contributed by atoms with Crippen molar-refractivity contribution < 1.29 is 19.5 Å². The molecule has 1 unspecified atom stereocenters. The molecular weight excluding hydrogens is 250 g/mol. The third kappa shape index (κ3) is 5.58. The molecule has 1 atom stereocenters. The van der Waals surface area contributed by atoms with Gasteiger partial charge in [-0.1, -0.05) is 0 Å². The Labute approximate surface area is 112 Å². The van der Waals surface area contributed by atoms with Gasteiger partial charge in [0.25, 0.3) is 0 Å². The summed E-state index contributed by atoms with van der Waals surface area (Å²) in [5.74, 6) is -1.03. The van der Waals surface area contributed by atoms with E-state index in [1.807, 2.05) is 0 Å². The fourth-order valence-electron chi connectivity index (χ4n) is 2.19. The molecule has 1 heterocycles. The summed E-state index contributed by atoms with van der Waals surface area (Å²) in [6.45, 7) is 2.71. The van der Waals surface area contributed by atoms with Crippen molar-refractivity contribution >= 4 is 17.9 Å². The van der Waals surface area contributed by atoms with Gasteiger partial charge in [-0.15, -0.1) is 0 Å². The molecule has 1 fully saturated rings. The van der Waals surface area contributed by atoms with Crippen molar-refractivity contribution in [1.82, 2.24) is 15.5 Å². The highest BCUT2D eigenvalue weighted by atomic mass is 16.4. The second-order valence-electron chi connectivity index (χ2n) is 4.66. The lowest BCUT2D eigenvalue weighted by Crippen LogP contribution is -2.50. The van der Waals surface area contributed by atoms with Gasteiger partial charge in [-0.05, 0) is 19.3 Å². The number of nitrogens with zero attached hydrogens (tertiary/aromatic N) is 1. The predicted octanol–water partition coefficient (Wildman–Crippen LogP) is 0.161. The van der Waals surface area contributed by atoms with Gasteiger partial charge >= 0.3 is 12.0 Å². The summed E-state index contributed by atoms with van der Waals surface area (Å²) in [7, 11) is 0. The van der Waals surface area contributed by atoms with Crippen molar-refractivity contribution in [3.63, 3.8) is 0 Å². The molecule has 19 heavy (non-hydrogen) atoms. The number of urea groups is 1. The van der Waals surface area contributed by atoms with Crippen molar-refractivity contribution in [2.24, 2.45) is 0 Å². The zero-order valence-corrected chi connectivity index (χ0v) is 11.1. The summed E-state index contributed by atoms with van der Waals surface area (Å²) < 4.78 is 0. The van der Waals surface area contributed by atoms with Gasteiger partial charge < -0.3 is 20.6 Å². The smallest absolute Gasteiger partial charge is 0.317 e. The second-order valence-corrected chi connectivity index (χ2v) is 4.66. The Bertz CT molecular complexity index is 346. The molecule has 7 nitrogen and oxygen atoms in total. The molecule has 7 heteroatoms. The van der Waals surface area contributed by atoms with Crippen LogP contribution in [0.15, 0.2) is 0 Å². The average Bonchev–Trinajstić information content (AvgIpc) is 2.34. The number of hydrogen-bond donors (Lipinski definition) is 3. The topological polar surface area (TPSA) is 98.7 Å². The highest BCUT2D eigenvalue weighted by Crippen LogP contribution is 2.19. The average molecular weight is 271 g/mol. The quantitative estimate of drug-likeness (QED) is 0.620. The summed E-state index contributed by atoms with van der Waals surface area (Å²) in [5, 5.41) is 14.1. The molecule has 0 aliphatic carbocycles. The maximum absolute atomic E-state index is 11.9. The lowest BCUT2D eigenvalue weighted by molar-refractivity contribution is -0.138. The number of aliphatic carboxylic acids is 1. The number of hydrogen-bond acceptors (Lipinski definition) is 3. The molecule has 0 spiro atoms. The Morgan fingerprint density at radius 3 is 2.53 bits per heavy atom. The first-order chi connectivity index (χ1) is 9.00. The summed E-state index contributed by atoms with van der Waals surface area (Å²) in [6, 6.07) is -0.483. The number of carboxylic acids is 1. The first kappa shape index (κ1) is 15.3. The molecule has 0 aromatic carbocycles. The summed E-state index contributed by atoms with van der Waals surface area (Å²) in [5.41, 5.74) is 0. The van der Waals surface area contributed by atoms with E-state index in [0.29, 0.717) is 19.6 Å². The molecule has 0 aromatic rings. The molecule has 0 bridgehead atoms. The van der Waals surface area contributed by atoms with Crippen LogP contribution in [0.5, 0.6) is 0 Å². The minimum Gasteiger partial charge on any atom is -0.481 e. The van der Waals surface area contributed by atoms with Crippen LogP contribution in [-0.4, -0.2) is 53.6 Å². The molecule has 0 saturated carbocycles. The first-order valence-corrected chi connectivity index (χ1v) is 6.51. The maximum Gasteiger partial charge on any atom is 0.317 e. The third-order valence-electron chi connectivity index (χ3n) is 3.07. The number of rotatable bonds is 5. The zero-order valence-electron chi connectivity index (χ0n) is 11.1. The SMILES string of the molecule is CC(=O)NCCNC(=O)N1CCCCC1CC(=O)O. The van der Waals surface area contributed by atoms with Crippen LogP contribution in [0.2, 0.25) is 0 Å². The van der Waals surface area contributed by atoms with Crippen molar-refractivity contribution in [3.8, 4) is 0 Å². The van der Waals surface area contributed by atoms with E-state index in [1.165, 1.54) is 6.92 Å². The van der Waals surface area contributed by atoms with Crippen molar-refractivity contribution in [2.45, 2.75) is 38.6 Å². The summed E-state index contributed by atoms with van der Waals surface area (Å²) in [6.07, 6.45) is 2.56. The fourth-order valence-corrected chi connectivity index (χ4v) is 2.19. The Hall–Kier alpha value is -1.79. The Balaban J connectivity index is 2.38. The number of nitrogens with one attached hydrogen (secondary N) is 2. The predicted molar refractivity (Wildman–Crippen MR) is 68.7 cm³/mol. The normalized spacial score (nSPS) is 18.8. The number of carbonyl (C=O) groups is 3. The molecule has 0 radical (unpaired) electrons. The lowest BCUT2D eigenvalue weighted by Gasteiger charge is -2.34. The first-order valence-electron chi connectivity index (χ1n) is 6.51. The van der Waals surface area contributed by atoms with Crippen LogP contribution < -0.4 is 10.6 Å². The van der Waals surface area contributed by atoms with Gasteiger partial charge in [-0.3, -0.25) is 9.59 Å². The van der Waals surface area contributed by atoms with Gasteiger partial charge in [0.15, 0.2) is 0 Å².